The molecule has 3 atom stereocenters. The molecule has 4 nitrogen and oxygen atoms in total. The summed E-state index contributed by atoms with van der Waals surface area (Å²) in [7, 11) is 2.19. The lowest BCUT2D eigenvalue weighted by molar-refractivity contribution is -0.0743. The molecule has 2 saturated heterocycles. The molecular formula is C11H22N2O2. The summed E-state index contributed by atoms with van der Waals surface area (Å²) in [6.07, 6.45) is 3.75. The first-order valence-corrected chi connectivity index (χ1v) is 5.93. The molecule has 0 aromatic heterocycles. The number of piperidine rings is 1. The molecule has 0 saturated carbocycles. The monoisotopic (exact) mass is 214 g/mol. The van der Waals surface area contributed by atoms with Gasteiger partial charge >= 0.3 is 0 Å². The Hall–Kier alpha value is -0.160. The highest BCUT2D eigenvalue weighted by molar-refractivity contribution is 4.74. The minimum Gasteiger partial charge on any atom is -0.350 e. The summed E-state index contributed by atoms with van der Waals surface area (Å²) in [4.78, 5) is 2.39. The number of ether oxygens (including phenoxy) is 2. The van der Waals surface area contributed by atoms with Gasteiger partial charge in [-0.25, -0.2) is 0 Å². The highest BCUT2D eigenvalue weighted by Crippen LogP contribution is 2.24. The number of nitrogens with two attached hydrogens (primary N) is 1. The van der Waals surface area contributed by atoms with E-state index < -0.39 is 0 Å². The standard InChI is InChI=1S/C11H22N2O2/c1-13-4-2-3-9(7-13)5-11-14-8-10(6-12)15-11/h9-11H,2-8,12H2,1H3. The molecule has 2 heterocycles. The fourth-order valence-electron chi connectivity index (χ4n) is 2.49. The predicted molar refractivity (Wildman–Crippen MR) is 58.5 cm³/mol. The molecule has 0 amide bonds. The van der Waals surface area contributed by atoms with Crippen LogP contribution in [0.5, 0.6) is 0 Å². The maximum absolute atomic E-state index is 5.68. The van der Waals surface area contributed by atoms with Gasteiger partial charge in [0.1, 0.15) is 0 Å². The number of nitrogens with zero attached hydrogens (tertiary/aromatic N) is 1. The highest BCUT2D eigenvalue weighted by Gasteiger charge is 2.28. The van der Waals surface area contributed by atoms with Crippen LogP contribution in [0, 0.1) is 5.92 Å². The zero-order valence-corrected chi connectivity index (χ0v) is 9.52. The van der Waals surface area contributed by atoms with Crippen molar-refractivity contribution < 1.29 is 9.47 Å². The maximum atomic E-state index is 5.68. The molecule has 3 unspecified atom stereocenters. The molecule has 88 valence electrons. The van der Waals surface area contributed by atoms with Crippen LogP contribution in [0.4, 0.5) is 0 Å². The lowest BCUT2D eigenvalue weighted by atomic mass is 9.95. The summed E-state index contributed by atoms with van der Waals surface area (Å²) in [5, 5.41) is 0. The van der Waals surface area contributed by atoms with Crippen molar-refractivity contribution in [3.05, 3.63) is 0 Å². The molecule has 0 radical (unpaired) electrons. The molecule has 0 spiro atoms. The van der Waals surface area contributed by atoms with Gasteiger partial charge in [0.2, 0.25) is 0 Å². The van der Waals surface area contributed by atoms with Gasteiger partial charge in [-0.15, -0.1) is 0 Å². The molecule has 4 heteroatoms. The van der Waals surface area contributed by atoms with Crippen molar-refractivity contribution in [2.45, 2.75) is 31.7 Å². The van der Waals surface area contributed by atoms with Gasteiger partial charge in [-0.05, 0) is 32.4 Å². The number of rotatable bonds is 3. The molecule has 0 bridgehead atoms. The lowest BCUT2D eigenvalue weighted by Crippen LogP contribution is -2.34. The van der Waals surface area contributed by atoms with E-state index in [0.29, 0.717) is 13.2 Å². The Morgan fingerprint density at radius 3 is 3.00 bits per heavy atom. The van der Waals surface area contributed by atoms with Gasteiger partial charge in [0.25, 0.3) is 0 Å². The summed E-state index contributed by atoms with van der Waals surface area (Å²) >= 11 is 0. The predicted octanol–water partition coefficient (Wildman–Crippen LogP) is 0.419. The van der Waals surface area contributed by atoms with Crippen molar-refractivity contribution >= 4 is 0 Å². The van der Waals surface area contributed by atoms with Gasteiger partial charge in [-0.2, -0.15) is 0 Å². The Balaban J connectivity index is 1.72. The summed E-state index contributed by atoms with van der Waals surface area (Å²) in [5.41, 5.74) is 5.54. The molecular weight excluding hydrogens is 192 g/mol. The van der Waals surface area contributed by atoms with Crippen LogP contribution in [0.2, 0.25) is 0 Å². The third kappa shape index (κ3) is 3.14. The van der Waals surface area contributed by atoms with Gasteiger partial charge in [-0.1, -0.05) is 0 Å². The molecule has 2 aliphatic heterocycles. The number of hydrogen-bond donors (Lipinski definition) is 1. The molecule has 2 N–H and O–H groups in total. The second-order valence-electron chi connectivity index (χ2n) is 4.76. The van der Waals surface area contributed by atoms with Gasteiger partial charge in [0.05, 0.1) is 12.7 Å². The second-order valence-corrected chi connectivity index (χ2v) is 4.76. The molecule has 2 aliphatic rings. The van der Waals surface area contributed by atoms with Crippen LogP contribution in [0.15, 0.2) is 0 Å². The second kappa shape index (κ2) is 5.25. The summed E-state index contributed by atoms with van der Waals surface area (Å²) in [5.74, 6) is 0.727. The molecule has 2 fully saturated rings. The Morgan fingerprint density at radius 2 is 2.33 bits per heavy atom. The van der Waals surface area contributed by atoms with E-state index in [-0.39, 0.29) is 12.4 Å². The molecule has 2 rings (SSSR count). The normalized spacial score (nSPS) is 38.4. The SMILES string of the molecule is CN1CCCC(CC2OCC(CN)O2)C1. The molecule has 0 aromatic carbocycles. The van der Waals surface area contributed by atoms with Gasteiger partial charge in [0, 0.05) is 19.5 Å². The first kappa shape index (κ1) is 11.3. The fraction of sp³-hybridized carbons (Fsp3) is 1.00. The van der Waals surface area contributed by atoms with Crippen molar-refractivity contribution in [2.75, 3.05) is 33.3 Å². The average molecular weight is 214 g/mol. The van der Waals surface area contributed by atoms with Crippen LogP contribution in [0.25, 0.3) is 0 Å². The lowest BCUT2D eigenvalue weighted by Gasteiger charge is -2.30. The van der Waals surface area contributed by atoms with Gasteiger partial charge in [-0.3, -0.25) is 0 Å². The Labute approximate surface area is 91.7 Å². The van der Waals surface area contributed by atoms with Crippen LogP contribution in [0.1, 0.15) is 19.3 Å². The smallest absolute Gasteiger partial charge is 0.158 e. The van der Waals surface area contributed by atoms with E-state index in [4.69, 9.17) is 15.2 Å². The average Bonchev–Trinajstić information content (AvgIpc) is 2.65. The van der Waals surface area contributed by atoms with Gasteiger partial charge in [0.15, 0.2) is 6.29 Å². The summed E-state index contributed by atoms with van der Waals surface area (Å²) in [6.45, 7) is 3.65. The van der Waals surface area contributed by atoms with E-state index in [9.17, 15) is 0 Å². The van der Waals surface area contributed by atoms with E-state index in [0.717, 1.165) is 12.3 Å². The molecule has 0 aliphatic carbocycles. The maximum Gasteiger partial charge on any atom is 0.158 e. The number of hydrogen-bond acceptors (Lipinski definition) is 4. The van der Waals surface area contributed by atoms with Crippen molar-refractivity contribution in [1.29, 1.82) is 0 Å². The van der Waals surface area contributed by atoms with Crippen LogP contribution in [0.3, 0.4) is 0 Å². The summed E-state index contributed by atoms with van der Waals surface area (Å²) in [6, 6.07) is 0. The van der Waals surface area contributed by atoms with Crippen molar-refractivity contribution in [3.8, 4) is 0 Å². The first-order chi connectivity index (χ1) is 7.28. The largest absolute Gasteiger partial charge is 0.350 e. The van der Waals surface area contributed by atoms with Crippen molar-refractivity contribution in [2.24, 2.45) is 11.7 Å². The van der Waals surface area contributed by atoms with Gasteiger partial charge < -0.3 is 20.1 Å². The topological polar surface area (TPSA) is 47.7 Å². The van der Waals surface area contributed by atoms with Crippen LogP contribution >= 0.6 is 0 Å². The number of likely N-dealkylation sites (tertiary alicyclic amines) is 1. The van der Waals surface area contributed by atoms with Crippen LogP contribution < -0.4 is 5.73 Å². The zero-order valence-electron chi connectivity index (χ0n) is 9.52. The van der Waals surface area contributed by atoms with Crippen molar-refractivity contribution in [1.82, 2.24) is 4.90 Å². The Kier molecular flexibility index (Phi) is 3.97. The first-order valence-electron chi connectivity index (χ1n) is 5.93. The Bertz CT molecular complexity index is 201. The molecule has 15 heavy (non-hydrogen) atoms. The molecule has 0 aromatic rings. The van der Waals surface area contributed by atoms with E-state index in [1.807, 2.05) is 0 Å². The minimum atomic E-state index is -0.00458. The quantitative estimate of drug-likeness (QED) is 0.739. The van der Waals surface area contributed by atoms with Crippen LogP contribution in [-0.2, 0) is 9.47 Å². The summed E-state index contributed by atoms with van der Waals surface area (Å²) < 4.78 is 11.3. The third-order valence-electron chi connectivity index (χ3n) is 3.32. The van der Waals surface area contributed by atoms with E-state index in [2.05, 4.69) is 11.9 Å². The Morgan fingerprint density at radius 1 is 1.47 bits per heavy atom. The highest BCUT2D eigenvalue weighted by atomic mass is 16.7. The van der Waals surface area contributed by atoms with Crippen molar-refractivity contribution in [3.63, 3.8) is 0 Å². The van der Waals surface area contributed by atoms with E-state index in [1.165, 1.54) is 25.9 Å². The third-order valence-corrected chi connectivity index (χ3v) is 3.32. The minimum absolute atomic E-state index is 0.00458. The van der Waals surface area contributed by atoms with E-state index in [1.54, 1.807) is 0 Å². The van der Waals surface area contributed by atoms with Crippen LogP contribution in [-0.4, -0.2) is 50.6 Å². The van der Waals surface area contributed by atoms with E-state index >= 15 is 0 Å². The zero-order chi connectivity index (χ0) is 10.7. The fourth-order valence-corrected chi connectivity index (χ4v) is 2.49.